The van der Waals surface area contributed by atoms with Crippen LogP contribution in [0.3, 0.4) is 0 Å². The van der Waals surface area contributed by atoms with Crippen molar-refractivity contribution in [1.29, 1.82) is 0 Å². The summed E-state index contributed by atoms with van der Waals surface area (Å²) in [4.78, 5) is 5.05. The Labute approximate surface area is 228 Å². The second-order valence-electron chi connectivity index (χ2n) is 11.2. The summed E-state index contributed by atoms with van der Waals surface area (Å²) >= 11 is 0. The van der Waals surface area contributed by atoms with Crippen LogP contribution in [0.25, 0.3) is 66.0 Å². The summed E-state index contributed by atoms with van der Waals surface area (Å²) in [6.07, 6.45) is 0. The van der Waals surface area contributed by atoms with Gasteiger partial charge in [0.1, 0.15) is 0 Å². The fraction of sp³-hybridized carbons (Fsp3) is 0.0789. The molecular weight excluding hydrogens is 470 g/mol. The normalized spacial score (nSPS) is 13.6. The van der Waals surface area contributed by atoms with Crippen LogP contribution in [0.5, 0.6) is 0 Å². The zero-order valence-electron chi connectivity index (χ0n) is 22.1. The topological polar surface area (TPSA) is 12.9 Å². The summed E-state index contributed by atoms with van der Waals surface area (Å²) in [6, 6.07) is 46.2. The summed E-state index contributed by atoms with van der Waals surface area (Å²) in [6.45, 7) is 4.71. The quantitative estimate of drug-likeness (QED) is 0.217. The zero-order valence-corrected chi connectivity index (χ0v) is 22.1. The van der Waals surface area contributed by atoms with Crippen molar-refractivity contribution in [2.24, 2.45) is 0 Å². The summed E-state index contributed by atoms with van der Waals surface area (Å²) in [7, 11) is 0. The van der Waals surface area contributed by atoms with E-state index < -0.39 is 0 Å². The molecule has 0 fully saturated rings. The van der Waals surface area contributed by atoms with Crippen molar-refractivity contribution in [2.45, 2.75) is 19.3 Å². The maximum atomic E-state index is 5.05. The molecule has 0 unspecified atom stereocenters. The second-order valence-corrected chi connectivity index (χ2v) is 11.2. The first kappa shape index (κ1) is 22.3. The molecule has 1 aliphatic rings. The van der Waals surface area contributed by atoms with Gasteiger partial charge in [0.05, 0.1) is 11.4 Å². The van der Waals surface area contributed by atoms with Gasteiger partial charge < -0.3 is 0 Å². The van der Waals surface area contributed by atoms with Gasteiger partial charge in [-0.15, -0.1) is 0 Å². The number of rotatable bonds is 2. The number of hydrogen-bond donors (Lipinski definition) is 0. The highest BCUT2D eigenvalue weighted by Crippen LogP contribution is 2.51. The minimum atomic E-state index is -0.0280. The van der Waals surface area contributed by atoms with Crippen molar-refractivity contribution < 1.29 is 0 Å². The Balaban J connectivity index is 1.40. The van der Waals surface area contributed by atoms with E-state index in [9.17, 15) is 0 Å². The van der Waals surface area contributed by atoms with E-state index in [1.807, 2.05) is 6.07 Å². The number of fused-ring (bicyclic) bond motifs is 9. The molecule has 1 heterocycles. The predicted octanol–water partition coefficient (Wildman–Crippen LogP) is 10.2. The highest BCUT2D eigenvalue weighted by molar-refractivity contribution is 6.26. The summed E-state index contributed by atoms with van der Waals surface area (Å²) in [5.74, 6) is 0. The number of benzene rings is 6. The predicted molar refractivity (Wildman–Crippen MR) is 165 cm³/mol. The van der Waals surface area contributed by atoms with Crippen LogP contribution in [0, 0.1) is 0 Å². The highest BCUT2D eigenvalue weighted by atomic mass is 14.7. The third kappa shape index (κ3) is 3.23. The fourth-order valence-electron chi connectivity index (χ4n) is 6.67. The smallest absolute Gasteiger partial charge is 0.0709 e. The van der Waals surface area contributed by atoms with Crippen molar-refractivity contribution >= 4 is 32.3 Å². The summed E-state index contributed by atoms with van der Waals surface area (Å²) in [5, 5.41) is 7.79. The van der Waals surface area contributed by atoms with Gasteiger partial charge in [-0.05, 0) is 84.9 Å². The molecule has 1 nitrogen and oxygen atoms in total. The van der Waals surface area contributed by atoms with E-state index in [1.54, 1.807) is 0 Å². The van der Waals surface area contributed by atoms with Crippen molar-refractivity contribution in [3.05, 3.63) is 139 Å². The molecule has 8 rings (SSSR count). The van der Waals surface area contributed by atoms with E-state index in [2.05, 4.69) is 135 Å². The standard InChI is InChI=1S/C38H27N/c1-38(2)34-16-9-8-15-29(34)33-22-31-27-14-7-6-13-26(27)30-21-25(19-20-28(30)32(31)23-35(33)38)37-18-10-17-36(39-37)24-11-4-3-5-12-24/h3-23H,1-2H3. The van der Waals surface area contributed by atoms with Crippen LogP contribution in [-0.4, -0.2) is 4.98 Å². The molecule has 0 saturated heterocycles. The molecule has 0 saturated carbocycles. The third-order valence-corrected chi connectivity index (χ3v) is 8.65. The number of hydrogen-bond acceptors (Lipinski definition) is 1. The van der Waals surface area contributed by atoms with Gasteiger partial charge in [-0.25, -0.2) is 4.98 Å². The fourth-order valence-corrected chi connectivity index (χ4v) is 6.67. The highest BCUT2D eigenvalue weighted by Gasteiger charge is 2.35. The van der Waals surface area contributed by atoms with Gasteiger partial charge >= 0.3 is 0 Å². The van der Waals surface area contributed by atoms with Crippen molar-refractivity contribution in [1.82, 2.24) is 4.98 Å². The van der Waals surface area contributed by atoms with Gasteiger partial charge in [0.2, 0.25) is 0 Å². The van der Waals surface area contributed by atoms with Crippen LogP contribution < -0.4 is 0 Å². The average molecular weight is 498 g/mol. The molecule has 7 aromatic rings. The van der Waals surface area contributed by atoms with Crippen LogP contribution in [0.15, 0.2) is 127 Å². The monoisotopic (exact) mass is 497 g/mol. The van der Waals surface area contributed by atoms with E-state index in [0.717, 1.165) is 22.5 Å². The Kier molecular flexibility index (Phi) is 4.63. The molecule has 0 aliphatic heterocycles. The SMILES string of the molecule is CC1(C)c2ccccc2-c2cc3c4ccccc4c4cc(-c5cccc(-c6ccccc6)n5)ccc4c3cc21. The van der Waals surface area contributed by atoms with Crippen molar-refractivity contribution in [3.8, 4) is 33.6 Å². The van der Waals surface area contributed by atoms with E-state index in [-0.39, 0.29) is 5.41 Å². The number of aromatic nitrogens is 1. The minimum absolute atomic E-state index is 0.0280. The first-order valence-electron chi connectivity index (χ1n) is 13.6. The molecular formula is C38H27N. The largest absolute Gasteiger partial charge is 0.248 e. The third-order valence-electron chi connectivity index (χ3n) is 8.65. The van der Waals surface area contributed by atoms with Gasteiger partial charge in [-0.2, -0.15) is 0 Å². The molecule has 184 valence electrons. The van der Waals surface area contributed by atoms with Crippen LogP contribution in [0.4, 0.5) is 0 Å². The Morgan fingerprint density at radius 2 is 1.03 bits per heavy atom. The molecule has 0 bridgehead atoms. The van der Waals surface area contributed by atoms with Gasteiger partial charge in [-0.3, -0.25) is 0 Å². The van der Waals surface area contributed by atoms with Crippen LogP contribution >= 0.6 is 0 Å². The molecule has 1 aliphatic carbocycles. The molecule has 0 radical (unpaired) electrons. The minimum Gasteiger partial charge on any atom is -0.248 e. The molecule has 0 spiro atoms. The molecule has 0 N–H and O–H groups in total. The lowest BCUT2D eigenvalue weighted by atomic mass is 9.81. The van der Waals surface area contributed by atoms with Crippen LogP contribution in [0.2, 0.25) is 0 Å². The molecule has 1 aromatic heterocycles. The van der Waals surface area contributed by atoms with Gasteiger partial charge in [0.15, 0.2) is 0 Å². The first-order valence-corrected chi connectivity index (χ1v) is 13.6. The average Bonchev–Trinajstić information content (AvgIpc) is 3.22. The lowest BCUT2D eigenvalue weighted by Crippen LogP contribution is -2.14. The Hall–Kier alpha value is -4.75. The first-order chi connectivity index (χ1) is 19.1. The van der Waals surface area contributed by atoms with Crippen LogP contribution in [-0.2, 0) is 5.41 Å². The molecule has 0 amide bonds. The van der Waals surface area contributed by atoms with Crippen molar-refractivity contribution in [2.75, 3.05) is 0 Å². The molecule has 1 heteroatoms. The number of pyridine rings is 1. The van der Waals surface area contributed by atoms with Gasteiger partial charge in [0, 0.05) is 16.5 Å². The second kappa shape index (κ2) is 8.12. The van der Waals surface area contributed by atoms with Crippen molar-refractivity contribution in [3.63, 3.8) is 0 Å². The zero-order chi connectivity index (χ0) is 26.1. The molecule has 0 atom stereocenters. The molecule has 6 aromatic carbocycles. The van der Waals surface area contributed by atoms with E-state index in [4.69, 9.17) is 4.98 Å². The lowest BCUT2D eigenvalue weighted by Gasteiger charge is -2.22. The maximum Gasteiger partial charge on any atom is 0.0709 e. The number of nitrogens with zero attached hydrogens (tertiary/aromatic N) is 1. The van der Waals surface area contributed by atoms with Gasteiger partial charge in [0.25, 0.3) is 0 Å². The maximum absolute atomic E-state index is 5.05. The Morgan fingerprint density at radius 1 is 0.410 bits per heavy atom. The Morgan fingerprint density at radius 3 is 1.82 bits per heavy atom. The Bertz CT molecular complexity index is 2080. The van der Waals surface area contributed by atoms with Gasteiger partial charge in [-0.1, -0.05) is 111 Å². The van der Waals surface area contributed by atoms with E-state index in [0.29, 0.717) is 0 Å². The van der Waals surface area contributed by atoms with Crippen LogP contribution in [0.1, 0.15) is 25.0 Å². The van der Waals surface area contributed by atoms with E-state index in [1.165, 1.54) is 54.6 Å². The van der Waals surface area contributed by atoms with E-state index >= 15 is 0 Å². The lowest BCUT2D eigenvalue weighted by molar-refractivity contribution is 0.661. The summed E-state index contributed by atoms with van der Waals surface area (Å²) in [5.41, 5.74) is 9.79. The summed E-state index contributed by atoms with van der Waals surface area (Å²) < 4.78 is 0. The molecule has 39 heavy (non-hydrogen) atoms.